The molecular formula is C21H38O2. The van der Waals surface area contributed by atoms with Gasteiger partial charge in [0.1, 0.15) is 12.6 Å². The zero-order valence-corrected chi connectivity index (χ0v) is 15.7. The lowest BCUT2D eigenvalue weighted by Gasteiger charge is -2.23. The summed E-state index contributed by atoms with van der Waals surface area (Å²) in [6, 6.07) is 0. The Hall–Kier alpha value is -0.920. The molecule has 0 N–H and O–H groups in total. The maximum Gasteiger partial charge on any atom is 0.127 e. The molecule has 134 valence electrons. The summed E-state index contributed by atoms with van der Waals surface area (Å²) in [6.45, 7) is 6.45. The first-order valence-electron chi connectivity index (χ1n) is 9.72. The Morgan fingerprint density at radius 3 is 2.00 bits per heavy atom. The van der Waals surface area contributed by atoms with Crippen molar-refractivity contribution in [3.05, 3.63) is 11.6 Å². The summed E-state index contributed by atoms with van der Waals surface area (Å²) < 4.78 is 0. The van der Waals surface area contributed by atoms with Crippen LogP contribution in [0.5, 0.6) is 0 Å². The average molecular weight is 323 g/mol. The van der Waals surface area contributed by atoms with Crippen LogP contribution < -0.4 is 0 Å². The fourth-order valence-electron chi connectivity index (χ4n) is 3.12. The monoisotopic (exact) mass is 322 g/mol. The van der Waals surface area contributed by atoms with Crippen LogP contribution in [0.3, 0.4) is 0 Å². The maximum absolute atomic E-state index is 10.5. The summed E-state index contributed by atoms with van der Waals surface area (Å²) in [5.41, 5.74) is 1.26. The Kier molecular flexibility index (Phi) is 15.3. The van der Waals surface area contributed by atoms with Gasteiger partial charge in [-0.05, 0) is 32.1 Å². The molecule has 0 aromatic heterocycles. The van der Waals surface area contributed by atoms with E-state index in [1.54, 1.807) is 0 Å². The number of hydrogen-bond acceptors (Lipinski definition) is 2. The minimum atomic E-state index is 0.203. The molecule has 2 nitrogen and oxygen atoms in total. The number of carbonyl (C=O) groups is 2. The normalized spacial score (nSPS) is 20.2. The van der Waals surface area contributed by atoms with Gasteiger partial charge in [-0.3, -0.25) is 0 Å². The molecule has 0 aliphatic heterocycles. The Morgan fingerprint density at radius 2 is 1.57 bits per heavy atom. The molecule has 0 heterocycles. The second-order valence-corrected chi connectivity index (χ2v) is 6.95. The molecule has 2 atom stereocenters. The SMILES string of the molecule is CC1=CCCC(C)C1C=O.CCCCCCCCCCCC=O. The van der Waals surface area contributed by atoms with E-state index in [0.717, 1.165) is 31.8 Å². The zero-order chi connectivity index (χ0) is 17.3. The lowest BCUT2D eigenvalue weighted by Crippen LogP contribution is -2.17. The molecule has 0 saturated heterocycles. The van der Waals surface area contributed by atoms with E-state index < -0.39 is 0 Å². The highest BCUT2D eigenvalue weighted by molar-refractivity contribution is 5.59. The third-order valence-corrected chi connectivity index (χ3v) is 4.80. The van der Waals surface area contributed by atoms with Crippen LogP contribution in [0.15, 0.2) is 11.6 Å². The van der Waals surface area contributed by atoms with Crippen molar-refractivity contribution in [2.45, 2.75) is 97.8 Å². The number of hydrogen-bond donors (Lipinski definition) is 0. The van der Waals surface area contributed by atoms with Crippen LogP contribution >= 0.6 is 0 Å². The third-order valence-electron chi connectivity index (χ3n) is 4.80. The van der Waals surface area contributed by atoms with E-state index in [1.807, 2.05) is 0 Å². The number of allylic oxidation sites excluding steroid dienone is 2. The smallest absolute Gasteiger partial charge is 0.127 e. The van der Waals surface area contributed by atoms with Gasteiger partial charge in [-0.15, -0.1) is 0 Å². The van der Waals surface area contributed by atoms with Crippen LogP contribution in [0.4, 0.5) is 0 Å². The molecule has 0 bridgehead atoms. The van der Waals surface area contributed by atoms with Gasteiger partial charge in [0, 0.05) is 12.3 Å². The van der Waals surface area contributed by atoms with Crippen molar-refractivity contribution in [2.75, 3.05) is 0 Å². The first-order chi connectivity index (χ1) is 11.2. The van der Waals surface area contributed by atoms with Crippen molar-refractivity contribution in [1.29, 1.82) is 0 Å². The molecule has 0 saturated carbocycles. The Labute approximate surface area is 144 Å². The van der Waals surface area contributed by atoms with Crippen LogP contribution in [0.1, 0.15) is 97.8 Å². The quantitative estimate of drug-likeness (QED) is 0.255. The van der Waals surface area contributed by atoms with Gasteiger partial charge >= 0.3 is 0 Å². The van der Waals surface area contributed by atoms with E-state index in [9.17, 15) is 9.59 Å². The van der Waals surface area contributed by atoms with E-state index in [4.69, 9.17) is 0 Å². The third kappa shape index (κ3) is 12.2. The van der Waals surface area contributed by atoms with Crippen molar-refractivity contribution in [3.8, 4) is 0 Å². The molecule has 1 aliphatic carbocycles. The Balaban J connectivity index is 0.000000433. The molecular weight excluding hydrogens is 284 g/mol. The Morgan fingerprint density at radius 1 is 1.00 bits per heavy atom. The van der Waals surface area contributed by atoms with Crippen molar-refractivity contribution < 1.29 is 9.59 Å². The van der Waals surface area contributed by atoms with Crippen LogP contribution in [0.25, 0.3) is 0 Å². The van der Waals surface area contributed by atoms with E-state index >= 15 is 0 Å². The van der Waals surface area contributed by atoms with Crippen LogP contribution in [0, 0.1) is 11.8 Å². The second-order valence-electron chi connectivity index (χ2n) is 6.95. The molecule has 2 heteroatoms. The van der Waals surface area contributed by atoms with Gasteiger partial charge in [-0.1, -0.05) is 76.9 Å². The highest BCUT2D eigenvalue weighted by Crippen LogP contribution is 2.27. The predicted octanol–water partition coefficient (Wildman–Crippen LogP) is 6.28. The van der Waals surface area contributed by atoms with Crippen LogP contribution in [-0.2, 0) is 9.59 Å². The van der Waals surface area contributed by atoms with Crippen LogP contribution in [-0.4, -0.2) is 12.6 Å². The van der Waals surface area contributed by atoms with Gasteiger partial charge in [-0.2, -0.15) is 0 Å². The summed E-state index contributed by atoms with van der Waals surface area (Å²) in [5, 5.41) is 0. The first-order valence-corrected chi connectivity index (χ1v) is 9.72. The van der Waals surface area contributed by atoms with Gasteiger partial charge in [0.2, 0.25) is 0 Å². The first kappa shape index (κ1) is 22.1. The summed E-state index contributed by atoms with van der Waals surface area (Å²) in [4.78, 5) is 20.6. The van der Waals surface area contributed by atoms with E-state index in [1.165, 1.54) is 63.4 Å². The predicted molar refractivity (Wildman–Crippen MR) is 99.6 cm³/mol. The second kappa shape index (κ2) is 16.0. The van der Waals surface area contributed by atoms with Crippen molar-refractivity contribution in [2.24, 2.45) is 11.8 Å². The highest BCUT2D eigenvalue weighted by atomic mass is 16.1. The molecule has 0 amide bonds. The zero-order valence-electron chi connectivity index (χ0n) is 15.7. The molecule has 0 aromatic carbocycles. The molecule has 1 aliphatic rings. The van der Waals surface area contributed by atoms with Crippen LogP contribution in [0.2, 0.25) is 0 Å². The summed E-state index contributed by atoms with van der Waals surface area (Å²) >= 11 is 0. The number of unbranched alkanes of at least 4 members (excludes halogenated alkanes) is 9. The molecule has 2 unspecified atom stereocenters. The topological polar surface area (TPSA) is 34.1 Å². The summed E-state index contributed by atoms with van der Waals surface area (Å²) in [7, 11) is 0. The standard InChI is InChI=1S/C12H24O.C9H14O/c1-2-3-4-5-6-7-8-9-10-11-12-13;1-7-4-3-5-8(2)9(7)6-10/h12H,2-11H2,1H3;4,6,8-9H,3,5H2,1-2H3. The van der Waals surface area contributed by atoms with Crippen molar-refractivity contribution in [3.63, 3.8) is 0 Å². The molecule has 23 heavy (non-hydrogen) atoms. The van der Waals surface area contributed by atoms with Crippen molar-refractivity contribution >= 4 is 12.6 Å². The Bertz CT molecular complexity index is 320. The molecule has 0 spiro atoms. The fraction of sp³-hybridized carbons (Fsp3) is 0.810. The van der Waals surface area contributed by atoms with Gasteiger partial charge < -0.3 is 9.59 Å². The van der Waals surface area contributed by atoms with Gasteiger partial charge in [0.15, 0.2) is 0 Å². The highest BCUT2D eigenvalue weighted by Gasteiger charge is 2.20. The largest absolute Gasteiger partial charge is 0.303 e. The maximum atomic E-state index is 10.5. The summed E-state index contributed by atoms with van der Waals surface area (Å²) in [5.74, 6) is 0.760. The number of rotatable bonds is 11. The van der Waals surface area contributed by atoms with E-state index in [0.29, 0.717) is 5.92 Å². The summed E-state index contributed by atoms with van der Waals surface area (Å²) in [6.07, 6.45) is 19.3. The minimum Gasteiger partial charge on any atom is -0.303 e. The van der Waals surface area contributed by atoms with Crippen molar-refractivity contribution in [1.82, 2.24) is 0 Å². The molecule has 0 radical (unpaired) electrons. The van der Waals surface area contributed by atoms with E-state index in [2.05, 4.69) is 26.8 Å². The van der Waals surface area contributed by atoms with Gasteiger partial charge in [0.25, 0.3) is 0 Å². The lowest BCUT2D eigenvalue weighted by molar-refractivity contribution is -0.111. The minimum absolute atomic E-state index is 0.203. The average Bonchev–Trinajstić information content (AvgIpc) is 2.54. The number of aldehydes is 2. The fourth-order valence-corrected chi connectivity index (χ4v) is 3.12. The molecule has 0 fully saturated rings. The molecule has 1 rings (SSSR count). The lowest BCUT2D eigenvalue weighted by atomic mass is 9.81. The van der Waals surface area contributed by atoms with Gasteiger partial charge in [-0.25, -0.2) is 0 Å². The number of carbonyl (C=O) groups excluding carboxylic acids is 2. The molecule has 0 aromatic rings. The van der Waals surface area contributed by atoms with E-state index in [-0.39, 0.29) is 5.92 Å². The van der Waals surface area contributed by atoms with Gasteiger partial charge in [0.05, 0.1) is 0 Å².